The highest BCUT2D eigenvalue weighted by molar-refractivity contribution is 5.61. The monoisotopic (exact) mass is 250 g/mol. The van der Waals surface area contributed by atoms with Crippen LogP contribution in [0.15, 0.2) is 18.2 Å². The van der Waals surface area contributed by atoms with Gasteiger partial charge in [-0.05, 0) is 32.0 Å². The smallest absolute Gasteiger partial charge is 0.145 e. The zero-order valence-electron chi connectivity index (χ0n) is 11.4. The molecular weight excluding hydrogens is 228 g/mol. The second-order valence-electron chi connectivity index (χ2n) is 4.61. The average molecular weight is 250 g/mol. The van der Waals surface area contributed by atoms with Gasteiger partial charge in [0.2, 0.25) is 0 Å². The number of hydrogen-bond acceptors (Lipinski definition) is 4. The summed E-state index contributed by atoms with van der Waals surface area (Å²) in [5.41, 5.74) is 1.15. The average Bonchev–Trinajstić information content (AvgIpc) is 2.46. The maximum absolute atomic E-state index is 5.47. The Labute approximate surface area is 109 Å². The van der Waals surface area contributed by atoms with Crippen LogP contribution < -0.4 is 19.7 Å². The summed E-state index contributed by atoms with van der Waals surface area (Å²) in [4.78, 5) is 2.38. The number of likely N-dealkylation sites (N-methyl/N-ethyl adjacent to an activating group) is 1. The SMILES string of the molecule is CNC1CCCN(c2ccc(OC)cc2OC)C1. The first kappa shape index (κ1) is 13.0. The van der Waals surface area contributed by atoms with Gasteiger partial charge in [0.15, 0.2) is 0 Å². The fraction of sp³-hybridized carbons (Fsp3) is 0.571. The highest BCUT2D eigenvalue weighted by Gasteiger charge is 2.21. The van der Waals surface area contributed by atoms with Gasteiger partial charge in [-0.1, -0.05) is 0 Å². The zero-order valence-corrected chi connectivity index (χ0v) is 11.4. The van der Waals surface area contributed by atoms with Crippen LogP contribution in [0.3, 0.4) is 0 Å². The molecule has 0 radical (unpaired) electrons. The molecule has 0 saturated carbocycles. The third kappa shape index (κ3) is 2.70. The molecule has 1 fully saturated rings. The summed E-state index contributed by atoms with van der Waals surface area (Å²) in [6.45, 7) is 2.11. The van der Waals surface area contributed by atoms with Gasteiger partial charge in [-0.2, -0.15) is 0 Å². The van der Waals surface area contributed by atoms with Crippen LogP contribution in [0, 0.1) is 0 Å². The Hall–Kier alpha value is -1.42. The molecule has 1 heterocycles. The Bertz CT molecular complexity index is 395. The molecule has 1 saturated heterocycles. The molecule has 1 N–H and O–H groups in total. The Morgan fingerprint density at radius 2 is 2.11 bits per heavy atom. The summed E-state index contributed by atoms with van der Waals surface area (Å²) >= 11 is 0. The van der Waals surface area contributed by atoms with E-state index in [0.717, 1.165) is 30.3 Å². The third-order valence-corrected chi connectivity index (χ3v) is 3.56. The lowest BCUT2D eigenvalue weighted by molar-refractivity contribution is 0.390. The highest BCUT2D eigenvalue weighted by atomic mass is 16.5. The molecule has 0 bridgehead atoms. The summed E-state index contributed by atoms with van der Waals surface area (Å²) in [6, 6.07) is 6.57. The summed E-state index contributed by atoms with van der Waals surface area (Å²) in [5.74, 6) is 1.71. The lowest BCUT2D eigenvalue weighted by Crippen LogP contribution is -2.44. The summed E-state index contributed by atoms with van der Waals surface area (Å²) in [7, 11) is 5.41. The van der Waals surface area contributed by atoms with E-state index in [1.807, 2.05) is 19.2 Å². The summed E-state index contributed by atoms with van der Waals surface area (Å²) in [6.07, 6.45) is 2.45. The van der Waals surface area contributed by atoms with E-state index in [4.69, 9.17) is 9.47 Å². The Balaban J connectivity index is 2.21. The predicted octanol–water partition coefficient (Wildman–Crippen LogP) is 1.89. The number of piperidine rings is 1. The minimum atomic E-state index is 0.561. The van der Waals surface area contributed by atoms with Crippen molar-refractivity contribution in [1.29, 1.82) is 0 Å². The number of nitrogens with one attached hydrogen (secondary N) is 1. The largest absolute Gasteiger partial charge is 0.497 e. The fourth-order valence-electron chi connectivity index (χ4n) is 2.48. The molecule has 4 nitrogen and oxygen atoms in total. The van der Waals surface area contributed by atoms with Crippen LogP contribution >= 0.6 is 0 Å². The molecule has 18 heavy (non-hydrogen) atoms. The maximum Gasteiger partial charge on any atom is 0.145 e. The van der Waals surface area contributed by atoms with Crippen molar-refractivity contribution in [3.63, 3.8) is 0 Å². The second kappa shape index (κ2) is 5.96. The van der Waals surface area contributed by atoms with E-state index < -0.39 is 0 Å². The van der Waals surface area contributed by atoms with Gasteiger partial charge < -0.3 is 19.7 Å². The molecular formula is C14H22N2O2. The van der Waals surface area contributed by atoms with Gasteiger partial charge in [0.1, 0.15) is 11.5 Å². The van der Waals surface area contributed by atoms with E-state index in [1.165, 1.54) is 12.8 Å². The first-order chi connectivity index (χ1) is 8.78. The summed E-state index contributed by atoms with van der Waals surface area (Å²) in [5, 5.41) is 3.36. The molecule has 2 rings (SSSR count). The highest BCUT2D eigenvalue weighted by Crippen LogP contribution is 2.33. The number of hydrogen-bond donors (Lipinski definition) is 1. The van der Waals surface area contributed by atoms with Gasteiger partial charge in [0, 0.05) is 25.2 Å². The van der Waals surface area contributed by atoms with Crippen molar-refractivity contribution in [3.8, 4) is 11.5 Å². The van der Waals surface area contributed by atoms with E-state index in [-0.39, 0.29) is 0 Å². The molecule has 1 aliphatic rings. The van der Waals surface area contributed by atoms with E-state index in [0.29, 0.717) is 6.04 Å². The Morgan fingerprint density at radius 1 is 1.28 bits per heavy atom. The van der Waals surface area contributed by atoms with Crippen molar-refractivity contribution in [2.45, 2.75) is 18.9 Å². The number of methoxy groups -OCH3 is 2. The van der Waals surface area contributed by atoms with Crippen LogP contribution in [0.25, 0.3) is 0 Å². The normalized spacial score (nSPS) is 19.7. The van der Waals surface area contributed by atoms with E-state index >= 15 is 0 Å². The lowest BCUT2D eigenvalue weighted by Gasteiger charge is -2.35. The first-order valence-corrected chi connectivity index (χ1v) is 6.42. The van der Waals surface area contributed by atoms with Crippen molar-refractivity contribution in [2.24, 2.45) is 0 Å². The molecule has 1 unspecified atom stereocenters. The van der Waals surface area contributed by atoms with E-state index in [1.54, 1.807) is 14.2 Å². The minimum absolute atomic E-state index is 0.561. The van der Waals surface area contributed by atoms with Gasteiger partial charge in [0.05, 0.1) is 19.9 Å². The van der Waals surface area contributed by atoms with E-state index in [9.17, 15) is 0 Å². The zero-order chi connectivity index (χ0) is 13.0. The van der Waals surface area contributed by atoms with Crippen molar-refractivity contribution >= 4 is 5.69 Å². The molecule has 100 valence electrons. The van der Waals surface area contributed by atoms with Gasteiger partial charge in [-0.25, -0.2) is 0 Å². The topological polar surface area (TPSA) is 33.7 Å². The van der Waals surface area contributed by atoms with E-state index in [2.05, 4.69) is 16.3 Å². The van der Waals surface area contributed by atoms with Crippen LogP contribution in [-0.4, -0.2) is 40.4 Å². The Morgan fingerprint density at radius 3 is 2.78 bits per heavy atom. The molecule has 1 aromatic rings. The molecule has 0 aromatic heterocycles. The number of rotatable bonds is 4. The maximum atomic E-state index is 5.47. The van der Waals surface area contributed by atoms with Crippen LogP contribution in [0.4, 0.5) is 5.69 Å². The van der Waals surface area contributed by atoms with Crippen LogP contribution in [0.2, 0.25) is 0 Å². The van der Waals surface area contributed by atoms with Gasteiger partial charge in [-0.3, -0.25) is 0 Å². The number of nitrogens with zero attached hydrogens (tertiary/aromatic N) is 1. The van der Waals surface area contributed by atoms with Gasteiger partial charge in [0.25, 0.3) is 0 Å². The standard InChI is InChI=1S/C14H22N2O2/c1-15-11-5-4-8-16(10-11)13-7-6-12(17-2)9-14(13)18-3/h6-7,9,11,15H,4-5,8,10H2,1-3H3. The second-order valence-corrected chi connectivity index (χ2v) is 4.61. The number of ether oxygens (including phenoxy) is 2. The third-order valence-electron chi connectivity index (χ3n) is 3.56. The molecule has 0 amide bonds. The molecule has 0 aliphatic carbocycles. The van der Waals surface area contributed by atoms with Crippen molar-refractivity contribution < 1.29 is 9.47 Å². The first-order valence-electron chi connectivity index (χ1n) is 6.42. The van der Waals surface area contributed by atoms with Crippen molar-refractivity contribution in [2.75, 3.05) is 39.3 Å². The number of benzene rings is 1. The van der Waals surface area contributed by atoms with Crippen LogP contribution in [0.1, 0.15) is 12.8 Å². The van der Waals surface area contributed by atoms with Gasteiger partial charge in [-0.15, -0.1) is 0 Å². The van der Waals surface area contributed by atoms with Gasteiger partial charge >= 0.3 is 0 Å². The van der Waals surface area contributed by atoms with Crippen LogP contribution in [-0.2, 0) is 0 Å². The van der Waals surface area contributed by atoms with Crippen molar-refractivity contribution in [1.82, 2.24) is 5.32 Å². The van der Waals surface area contributed by atoms with Crippen molar-refractivity contribution in [3.05, 3.63) is 18.2 Å². The quantitative estimate of drug-likeness (QED) is 0.885. The minimum Gasteiger partial charge on any atom is -0.497 e. The number of anilines is 1. The molecule has 1 aliphatic heterocycles. The lowest BCUT2D eigenvalue weighted by atomic mass is 10.0. The summed E-state index contributed by atoms with van der Waals surface area (Å²) < 4.78 is 10.7. The molecule has 1 atom stereocenters. The predicted molar refractivity (Wildman–Crippen MR) is 73.8 cm³/mol. The van der Waals surface area contributed by atoms with Crippen LogP contribution in [0.5, 0.6) is 11.5 Å². The molecule has 0 spiro atoms. The molecule has 4 heteroatoms. The fourth-order valence-corrected chi connectivity index (χ4v) is 2.48. The molecule has 1 aromatic carbocycles. The Kier molecular flexibility index (Phi) is 4.31.